The molecule has 2 rings (SSSR count). The van der Waals surface area contributed by atoms with Gasteiger partial charge in [-0.25, -0.2) is 8.78 Å². The van der Waals surface area contributed by atoms with E-state index in [4.69, 9.17) is 10.5 Å². The summed E-state index contributed by atoms with van der Waals surface area (Å²) in [5.74, 6) is -1.82. The molecule has 0 aliphatic carbocycles. The van der Waals surface area contributed by atoms with Gasteiger partial charge < -0.3 is 15.4 Å². The van der Waals surface area contributed by atoms with Crippen LogP contribution in [0, 0.1) is 11.6 Å². The first-order chi connectivity index (χ1) is 8.58. The van der Waals surface area contributed by atoms with Crippen molar-refractivity contribution in [1.29, 1.82) is 0 Å². The Balaban J connectivity index is 2.01. The molecule has 0 amide bonds. The summed E-state index contributed by atoms with van der Waals surface area (Å²) in [4.78, 5) is 2.16. The number of hydrogen-bond acceptors (Lipinski definition) is 3. The van der Waals surface area contributed by atoms with Gasteiger partial charge in [-0.3, -0.25) is 0 Å². The van der Waals surface area contributed by atoms with Gasteiger partial charge in [0.25, 0.3) is 0 Å². The van der Waals surface area contributed by atoms with E-state index in [1.54, 1.807) is 0 Å². The van der Waals surface area contributed by atoms with Gasteiger partial charge in [0.2, 0.25) is 0 Å². The number of ether oxygens (including phenoxy) is 1. The van der Waals surface area contributed by atoms with Gasteiger partial charge in [-0.1, -0.05) is 6.42 Å². The normalized spacial score (nSPS) is 20.9. The summed E-state index contributed by atoms with van der Waals surface area (Å²) < 4.78 is 32.3. The third-order valence-corrected chi connectivity index (χ3v) is 3.36. The molecule has 0 spiro atoms. The van der Waals surface area contributed by atoms with Crippen molar-refractivity contribution in [2.24, 2.45) is 0 Å². The van der Waals surface area contributed by atoms with Crippen LogP contribution in [0.2, 0.25) is 0 Å². The molecule has 1 aromatic rings. The molecular weight excluding hydrogens is 238 g/mol. The Hall–Kier alpha value is -1.36. The molecule has 5 heteroatoms. The second kappa shape index (κ2) is 5.52. The highest BCUT2D eigenvalue weighted by Gasteiger charge is 2.21. The first-order valence-electron chi connectivity index (χ1n) is 6.15. The minimum Gasteiger partial charge on any atom is -0.486 e. The smallest absolute Gasteiger partial charge is 0.190 e. The van der Waals surface area contributed by atoms with Crippen molar-refractivity contribution in [3.8, 4) is 5.75 Å². The number of nitrogens with zero attached hydrogens (tertiary/aromatic N) is 1. The Morgan fingerprint density at radius 1 is 1.33 bits per heavy atom. The highest BCUT2D eigenvalue weighted by molar-refractivity contribution is 5.44. The van der Waals surface area contributed by atoms with Gasteiger partial charge in [0, 0.05) is 23.9 Å². The molecule has 0 saturated carbocycles. The zero-order valence-corrected chi connectivity index (χ0v) is 10.5. The van der Waals surface area contributed by atoms with Crippen molar-refractivity contribution in [3.05, 3.63) is 23.8 Å². The molecule has 100 valence electrons. The lowest BCUT2D eigenvalue weighted by Crippen LogP contribution is -2.40. The van der Waals surface area contributed by atoms with Crippen LogP contribution < -0.4 is 10.5 Å². The molecule has 0 aromatic heterocycles. The van der Waals surface area contributed by atoms with Crippen molar-refractivity contribution in [3.63, 3.8) is 0 Å². The van der Waals surface area contributed by atoms with Crippen LogP contribution in [-0.2, 0) is 0 Å². The predicted molar refractivity (Wildman–Crippen MR) is 66.5 cm³/mol. The van der Waals surface area contributed by atoms with Crippen molar-refractivity contribution in [1.82, 2.24) is 4.90 Å². The molecular formula is C13H18F2N2O. The molecule has 2 N–H and O–H groups in total. The highest BCUT2D eigenvalue weighted by atomic mass is 19.1. The third kappa shape index (κ3) is 2.90. The summed E-state index contributed by atoms with van der Waals surface area (Å²) in [7, 11) is 2.00. The van der Waals surface area contributed by atoms with Crippen LogP contribution in [0.15, 0.2) is 12.1 Å². The topological polar surface area (TPSA) is 38.5 Å². The molecule has 1 unspecified atom stereocenters. The Kier molecular flexibility index (Phi) is 4.01. The molecule has 1 fully saturated rings. The number of rotatable bonds is 3. The average molecular weight is 256 g/mol. The maximum atomic E-state index is 13.5. The zero-order chi connectivity index (χ0) is 13.1. The summed E-state index contributed by atoms with van der Waals surface area (Å²) in [6.07, 6.45) is 3.29. The van der Waals surface area contributed by atoms with Crippen molar-refractivity contribution in [2.45, 2.75) is 25.3 Å². The molecule has 1 aliphatic heterocycles. The van der Waals surface area contributed by atoms with Crippen molar-refractivity contribution in [2.75, 3.05) is 25.9 Å². The summed E-state index contributed by atoms with van der Waals surface area (Å²) in [6.45, 7) is 1.30. The van der Waals surface area contributed by atoms with E-state index in [2.05, 4.69) is 4.90 Å². The molecule has 1 aliphatic rings. The van der Waals surface area contributed by atoms with Crippen LogP contribution in [-0.4, -0.2) is 31.1 Å². The molecule has 1 atom stereocenters. The highest BCUT2D eigenvalue weighted by Crippen LogP contribution is 2.25. The maximum absolute atomic E-state index is 13.5. The fourth-order valence-electron chi connectivity index (χ4n) is 2.25. The summed E-state index contributed by atoms with van der Waals surface area (Å²) in [5, 5.41) is 0. The lowest BCUT2D eigenvalue weighted by Gasteiger charge is -2.32. The average Bonchev–Trinajstić information content (AvgIpc) is 2.30. The SMILES string of the molecule is CN1CCCCC1COc1c(F)cc(N)cc1F. The largest absolute Gasteiger partial charge is 0.486 e. The van der Waals surface area contributed by atoms with E-state index in [1.807, 2.05) is 7.05 Å². The number of likely N-dealkylation sites (tertiary alicyclic amines) is 1. The van der Waals surface area contributed by atoms with Gasteiger partial charge >= 0.3 is 0 Å². The first-order valence-corrected chi connectivity index (χ1v) is 6.15. The van der Waals surface area contributed by atoms with Gasteiger partial charge in [0.1, 0.15) is 6.61 Å². The maximum Gasteiger partial charge on any atom is 0.190 e. The van der Waals surface area contributed by atoms with Gasteiger partial charge in [-0.2, -0.15) is 0 Å². The van der Waals surface area contributed by atoms with Crippen molar-refractivity contribution >= 4 is 5.69 Å². The van der Waals surface area contributed by atoms with E-state index in [0.29, 0.717) is 6.61 Å². The molecule has 0 bridgehead atoms. The Bertz CT molecular complexity index is 402. The van der Waals surface area contributed by atoms with Crippen LogP contribution >= 0.6 is 0 Å². The van der Waals surface area contributed by atoms with Gasteiger partial charge in [0.05, 0.1) is 0 Å². The van der Waals surface area contributed by atoms with E-state index < -0.39 is 11.6 Å². The third-order valence-electron chi connectivity index (χ3n) is 3.36. The Labute approximate surface area is 106 Å². The Morgan fingerprint density at radius 2 is 2.00 bits per heavy atom. The number of likely N-dealkylation sites (N-methyl/N-ethyl adjacent to an activating group) is 1. The van der Waals surface area contributed by atoms with Crippen LogP contribution in [0.5, 0.6) is 5.75 Å². The van der Waals surface area contributed by atoms with E-state index >= 15 is 0 Å². The van der Waals surface area contributed by atoms with Gasteiger partial charge in [-0.05, 0) is 26.4 Å². The minimum atomic E-state index is -0.744. The van der Waals surface area contributed by atoms with Crippen LogP contribution in [0.3, 0.4) is 0 Å². The van der Waals surface area contributed by atoms with E-state index in [9.17, 15) is 8.78 Å². The summed E-state index contributed by atoms with van der Waals surface area (Å²) in [6, 6.07) is 2.36. The Morgan fingerprint density at radius 3 is 2.61 bits per heavy atom. The quantitative estimate of drug-likeness (QED) is 0.844. The molecule has 1 saturated heterocycles. The van der Waals surface area contributed by atoms with Crippen molar-refractivity contribution < 1.29 is 13.5 Å². The zero-order valence-electron chi connectivity index (χ0n) is 10.5. The number of hydrogen-bond donors (Lipinski definition) is 1. The number of piperidine rings is 1. The van der Waals surface area contributed by atoms with E-state index in [0.717, 1.165) is 37.9 Å². The molecule has 0 radical (unpaired) electrons. The lowest BCUT2D eigenvalue weighted by molar-refractivity contribution is 0.120. The second-order valence-electron chi connectivity index (χ2n) is 4.75. The summed E-state index contributed by atoms with van der Waals surface area (Å²) >= 11 is 0. The predicted octanol–water partition coefficient (Wildman–Crippen LogP) is 2.41. The first kappa shape index (κ1) is 13.1. The fraction of sp³-hybridized carbons (Fsp3) is 0.538. The van der Waals surface area contributed by atoms with Crippen LogP contribution in [0.25, 0.3) is 0 Å². The standard InChI is InChI=1S/C13H18F2N2O/c1-17-5-3-2-4-10(17)8-18-13-11(14)6-9(16)7-12(13)15/h6-7,10H,2-5,8,16H2,1H3. The molecule has 1 aromatic carbocycles. The van der Waals surface area contributed by atoms with Crippen LogP contribution in [0.4, 0.5) is 14.5 Å². The number of halogens is 2. The monoisotopic (exact) mass is 256 g/mol. The van der Waals surface area contributed by atoms with E-state index in [1.165, 1.54) is 0 Å². The number of benzene rings is 1. The van der Waals surface area contributed by atoms with Gasteiger partial charge in [0.15, 0.2) is 17.4 Å². The molecule has 18 heavy (non-hydrogen) atoms. The minimum absolute atomic E-state index is 0.0622. The van der Waals surface area contributed by atoms with E-state index in [-0.39, 0.29) is 17.5 Å². The number of nitrogens with two attached hydrogens (primary N) is 1. The number of nitrogen functional groups attached to an aromatic ring is 1. The van der Waals surface area contributed by atoms with Gasteiger partial charge in [-0.15, -0.1) is 0 Å². The molecule has 3 nitrogen and oxygen atoms in total. The molecule has 1 heterocycles. The van der Waals surface area contributed by atoms with Crippen LogP contribution in [0.1, 0.15) is 19.3 Å². The summed E-state index contributed by atoms with van der Waals surface area (Å²) in [5.41, 5.74) is 5.41. The fourth-order valence-corrected chi connectivity index (χ4v) is 2.25. The number of anilines is 1. The lowest BCUT2D eigenvalue weighted by atomic mass is 10.0. The second-order valence-corrected chi connectivity index (χ2v) is 4.75.